The third kappa shape index (κ3) is 5.49. The first-order valence-corrected chi connectivity index (χ1v) is 7.59. The monoisotopic (exact) mass is 272 g/mol. The van der Waals surface area contributed by atoms with Gasteiger partial charge in [0.25, 0.3) is 0 Å². The molecule has 0 aromatic heterocycles. The molecule has 0 aromatic rings. The minimum Gasteiger partial charge on any atom is -0.543 e. The fraction of sp³-hybridized carbons (Fsp3) is 0.933. The van der Waals surface area contributed by atoms with E-state index in [1.54, 1.807) is 0 Å². The predicted molar refractivity (Wildman–Crippen MR) is 77.4 cm³/mol. The van der Waals surface area contributed by atoms with Crippen molar-refractivity contribution in [1.82, 2.24) is 5.32 Å². The molecule has 1 unspecified atom stereocenters. The number of nitrogens with zero attached hydrogens (tertiary/aromatic N) is 1. The van der Waals surface area contributed by atoms with Gasteiger partial charge >= 0.3 is 0 Å². The number of carboxylic acids is 1. The third-order valence-electron chi connectivity index (χ3n) is 3.94. The van der Waals surface area contributed by atoms with Gasteiger partial charge in [0.1, 0.15) is 5.97 Å². The molecule has 0 aliphatic carbocycles. The summed E-state index contributed by atoms with van der Waals surface area (Å²) in [4.78, 5) is 11.5. The van der Waals surface area contributed by atoms with Crippen molar-refractivity contribution in [1.29, 1.82) is 0 Å². The Hall–Kier alpha value is -0.610. The van der Waals surface area contributed by atoms with Gasteiger partial charge in [0.05, 0.1) is 21.1 Å². The van der Waals surface area contributed by atoms with Crippen LogP contribution < -0.4 is 10.4 Å². The van der Waals surface area contributed by atoms with Crippen LogP contribution in [-0.4, -0.2) is 43.8 Å². The summed E-state index contributed by atoms with van der Waals surface area (Å²) in [6.45, 7) is 4.84. The smallest absolute Gasteiger partial charge is 0.193 e. The van der Waals surface area contributed by atoms with Gasteiger partial charge in [0, 0.05) is 13.0 Å². The molecule has 0 amide bonds. The normalized spacial score (nSPS) is 15.2. The first-order chi connectivity index (χ1) is 8.81. The summed E-state index contributed by atoms with van der Waals surface area (Å²) < 4.78 is 0.335. The Bertz CT molecular complexity index is 261. The zero-order valence-electron chi connectivity index (χ0n) is 13.4. The van der Waals surface area contributed by atoms with Crippen molar-refractivity contribution in [2.24, 2.45) is 0 Å². The lowest BCUT2D eigenvalue weighted by Crippen LogP contribution is -2.73. The maximum Gasteiger partial charge on any atom is 0.193 e. The summed E-state index contributed by atoms with van der Waals surface area (Å²) >= 11 is 0. The number of carboxylic acid groups (broad SMARTS) is 1. The molecule has 0 rings (SSSR count). The van der Waals surface area contributed by atoms with E-state index in [1.165, 1.54) is 25.7 Å². The number of quaternary nitrogens is 1. The fourth-order valence-electron chi connectivity index (χ4n) is 2.53. The number of carbonyl (C=O) groups excluding carboxylic acids is 1. The van der Waals surface area contributed by atoms with E-state index in [2.05, 4.69) is 12.2 Å². The van der Waals surface area contributed by atoms with Gasteiger partial charge in [-0.05, 0) is 6.42 Å². The first-order valence-electron chi connectivity index (χ1n) is 7.59. The molecule has 0 saturated carbocycles. The van der Waals surface area contributed by atoms with Gasteiger partial charge in [-0.1, -0.05) is 46.0 Å². The maximum atomic E-state index is 11.5. The van der Waals surface area contributed by atoms with Gasteiger partial charge in [-0.25, -0.2) is 0 Å². The van der Waals surface area contributed by atoms with Crippen LogP contribution in [0.3, 0.4) is 0 Å². The molecule has 0 aliphatic rings. The molecule has 0 radical (unpaired) electrons. The van der Waals surface area contributed by atoms with Crippen LogP contribution in [0, 0.1) is 0 Å². The molecule has 0 aromatic carbocycles. The second-order valence-corrected chi connectivity index (χ2v) is 6.21. The molecule has 4 heteroatoms. The van der Waals surface area contributed by atoms with Crippen LogP contribution in [0.5, 0.6) is 0 Å². The number of rotatable bonds is 11. The Morgan fingerprint density at radius 3 is 2.00 bits per heavy atom. The van der Waals surface area contributed by atoms with Gasteiger partial charge in [-0.3, -0.25) is 5.32 Å². The fourth-order valence-corrected chi connectivity index (χ4v) is 2.53. The summed E-state index contributed by atoms with van der Waals surface area (Å²) in [5, 5.41) is 14.7. The SMILES string of the molecule is CCCCCCCCNC(CC)(C(=O)[O-])[N+](C)(C)C. The van der Waals surface area contributed by atoms with Gasteiger partial charge in [0.15, 0.2) is 5.66 Å². The van der Waals surface area contributed by atoms with Gasteiger partial charge < -0.3 is 14.4 Å². The molecule has 0 fully saturated rings. The highest BCUT2D eigenvalue weighted by molar-refractivity contribution is 5.74. The predicted octanol–water partition coefficient (Wildman–Crippen LogP) is 1.50. The highest BCUT2D eigenvalue weighted by Crippen LogP contribution is 2.19. The van der Waals surface area contributed by atoms with Crippen LogP contribution in [0.25, 0.3) is 0 Å². The van der Waals surface area contributed by atoms with E-state index in [0.717, 1.165) is 19.4 Å². The molecule has 1 atom stereocenters. The number of unbranched alkanes of at least 4 members (excludes halogenated alkanes) is 5. The molecular formula is C15H32N2O2. The molecule has 0 spiro atoms. The van der Waals surface area contributed by atoms with Crippen molar-refractivity contribution in [3.8, 4) is 0 Å². The topological polar surface area (TPSA) is 52.2 Å². The average molecular weight is 272 g/mol. The summed E-state index contributed by atoms with van der Waals surface area (Å²) in [6, 6.07) is 0. The van der Waals surface area contributed by atoms with E-state index in [4.69, 9.17) is 0 Å². The van der Waals surface area contributed by atoms with Gasteiger partial charge in [0.2, 0.25) is 0 Å². The Kier molecular flexibility index (Phi) is 8.26. The van der Waals surface area contributed by atoms with Crippen LogP contribution in [0.15, 0.2) is 0 Å². The Morgan fingerprint density at radius 1 is 1.05 bits per heavy atom. The zero-order chi connectivity index (χ0) is 14.9. The van der Waals surface area contributed by atoms with Crippen LogP contribution in [0.1, 0.15) is 58.8 Å². The van der Waals surface area contributed by atoms with E-state index >= 15 is 0 Å². The molecule has 0 saturated heterocycles. The maximum absolute atomic E-state index is 11.5. The molecule has 114 valence electrons. The zero-order valence-corrected chi connectivity index (χ0v) is 13.4. The van der Waals surface area contributed by atoms with E-state index in [-0.39, 0.29) is 0 Å². The van der Waals surface area contributed by atoms with Gasteiger partial charge in [-0.15, -0.1) is 0 Å². The number of hydrogen-bond donors (Lipinski definition) is 1. The molecule has 0 aliphatic heterocycles. The van der Waals surface area contributed by atoms with E-state index in [9.17, 15) is 9.90 Å². The van der Waals surface area contributed by atoms with Crippen LogP contribution >= 0.6 is 0 Å². The standard InChI is InChI=1S/C15H32N2O2/c1-6-8-9-10-11-12-13-16-15(7-2,14(18)19)17(3,4)5/h16H,6-13H2,1-5H3. The van der Waals surface area contributed by atoms with E-state index in [0.29, 0.717) is 10.9 Å². The lowest BCUT2D eigenvalue weighted by atomic mass is 10.0. The minimum atomic E-state index is -1.01. The second-order valence-electron chi connectivity index (χ2n) is 6.21. The Morgan fingerprint density at radius 2 is 1.58 bits per heavy atom. The summed E-state index contributed by atoms with van der Waals surface area (Å²) in [5.74, 6) is -1.01. The summed E-state index contributed by atoms with van der Waals surface area (Å²) in [5.41, 5.74) is -0.983. The van der Waals surface area contributed by atoms with E-state index in [1.807, 2.05) is 28.1 Å². The van der Waals surface area contributed by atoms with Crippen molar-refractivity contribution in [2.45, 2.75) is 64.5 Å². The van der Waals surface area contributed by atoms with Crippen LogP contribution in [0.2, 0.25) is 0 Å². The number of aliphatic carboxylic acids is 1. The van der Waals surface area contributed by atoms with Crippen molar-refractivity contribution in [3.63, 3.8) is 0 Å². The lowest BCUT2D eigenvalue weighted by Gasteiger charge is -2.46. The molecule has 1 N–H and O–H groups in total. The van der Waals surface area contributed by atoms with Crippen molar-refractivity contribution in [2.75, 3.05) is 27.7 Å². The molecule has 0 heterocycles. The van der Waals surface area contributed by atoms with Gasteiger partial charge in [-0.2, -0.15) is 0 Å². The Labute approximate surface area is 118 Å². The summed E-state index contributed by atoms with van der Waals surface area (Å²) in [6.07, 6.45) is 7.79. The highest BCUT2D eigenvalue weighted by Gasteiger charge is 2.42. The largest absolute Gasteiger partial charge is 0.543 e. The van der Waals surface area contributed by atoms with E-state index < -0.39 is 11.6 Å². The number of carbonyl (C=O) groups is 1. The second kappa shape index (κ2) is 8.54. The number of likely N-dealkylation sites (N-methyl/N-ethyl adjacent to an activating group) is 1. The quantitative estimate of drug-likeness (QED) is 0.352. The average Bonchev–Trinajstić information content (AvgIpc) is 2.31. The molecule has 4 nitrogen and oxygen atoms in total. The van der Waals surface area contributed by atoms with Crippen molar-refractivity contribution < 1.29 is 14.4 Å². The molecule has 0 bridgehead atoms. The third-order valence-corrected chi connectivity index (χ3v) is 3.94. The number of nitrogens with one attached hydrogen (secondary N) is 1. The first kappa shape index (κ1) is 18.4. The van der Waals surface area contributed by atoms with Crippen molar-refractivity contribution >= 4 is 5.97 Å². The summed E-state index contributed by atoms with van der Waals surface area (Å²) in [7, 11) is 5.69. The molecule has 19 heavy (non-hydrogen) atoms. The Balaban J connectivity index is 4.19. The minimum absolute atomic E-state index is 0.335. The number of hydrogen-bond acceptors (Lipinski definition) is 3. The van der Waals surface area contributed by atoms with Crippen molar-refractivity contribution in [3.05, 3.63) is 0 Å². The highest BCUT2D eigenvalue weighted by atomic mass is 16.4. The lowest BCUT2D eigenvalue weighted by molar-refractivity contribution is -0.920. The molecular weight excluding hydrogens is 240 g/mol. The van der Waals surface area contributed by atoms with Crippen LogP contribution in [-0.2, 0) is 4.79 Å². The van der Waals surface area contributed by atoms with Crippen LogP contribution in [0.4, 0.5) is 0 Å².